The highest BCUT2D eigenvalue weighted by molar-refractivity contribution is 5.98. The summed E-state index contributed by atoms with van der Waals surface area (Å²) < 4.78 is 16.6. The molecular weight excluding hydrogens is 440 g/mol. The molecule has 9 nitrogen and oxygen atoms in total. The Balaban J connectivity index is 1.53. The van der Waals surface area contributed by atoms with Crippen molar-refractivity contribution in [3.63, 3.8) is 0 Å². The number of amides is 1. The Morgan fingerprint density at radius 2 is 1.76 bits per heavy atom. The fourth-order valence-corrected chi connectivity index (χ4v) is 3.53. The lowest BCUT2D eigenvalue weighted by atomic mass is 10.1. The minimum atomic E-state index is -1.30. The van der Waals surface area contributed by atoms with Gasteiger partial charge >= 0.3 is 5.97 Å². The molecule has 0 aliphatic carbocycles. The molecule has 1 aliphatic heterocycles. The van der Waals surface area contributed by atoms with Crippen LogP contribution in [0.1, 0.15) is 22.8 Å². The van der Waals surface area contributed by atoms with Gasteiger partial charge in [0.25, 0.3) is 11.6 Å². The fraction of sp³-hybridized carbons (Fsp3) is 0.200. The predicted octanol–water partition coefficient (Wildman–Crippen LogP) is 4.14. The van der Waals surface area contributed by atoms with Gasteiger partial charge < -0.3 is 19.5 Å². The van der Waals surface area contributed by atoms with Gasteiger partial charge in [-0.1, -0.05) is 42.5 Å². The monoisotopic (exact) mass is 462 g/mol. The standard InChI is InChI=1S/C25H22N2O7/c1-16-7-9-19(20(13-16)27(30)31)26-25(29)24(18-5-3-2-4-6-18)34-23(28)15-17-8-10-21-22(14-17)33-12-11-32-21/h2-10,13-14,24H,11-12,15H2,1H3,(H,26,29). The molecule has 1 unspecified atom stereocenters. The van der Waals surface area contributed by atoms with Crippen LogP contribution >= 0.6 is 0 Å². The predicted molar refractivity (Wildman–Crippen MR) is 123 cm³/mol. The van der Waals surface area contributed by atoms with Gasteiger partial charge in [-0.15, -0.1) is 0 Å². The molecule has 1 heterocycles. The highest BCUT2D eigenvalue weighted by Gasteiger charge is 2.27. The molecule has 3 aromatic carbocycles. The second-order valence-electron chi connectivity index (χ2n) is 7.70. The van der Waals surface area contributed by atoms with Crippen molar-refractivity contribution in [1.82, 2.24) is 0 Å². The summed E-state index contributed by atoms with van der Waals surface area (Å²) in [7, 11) is 0. The summed E-state index contributed by atoms with van der Waals surface area (Å²) in [6.07, 6.45) is -1.40. The molecule has 9 heteroatoms. The van der Waals surface area contributed by atoms with E-state index in [2.05, 4.69) is 5.32 Å². The van der Waals surface area contributed by atoms with E-state index in [0.717, 1.165) is 0 Å². The van der Waals surface area contributed by atoms with E-state index in [9.17, 15) is 19.7 Å². The zero-order valence-electron chi connectivity index (χ0n) is 18.4. The summed E-state index contributed by atoms with van der Waals surface area (Å²) in [5.41, 5.74) is 1.52. The van der Waals surface area contributed by atoms with Crippen LogP contribution < -0.4 is 14.8 Å². The van der Waals surface area contributed by atoms with Gasteiger partial charge in [-0.05, 0) is 36.2 Å². The number of nitro groups is 1. The van der Waals surface area contributed by atoms with Crippen LogP contribution in [0.25, 0.3) is 0 Å². The molecule has 0 bridgehead atoms. The molecule has 1 N–H and O–H groups in total. The van der Waals surface area contributed by atoms with Gasteiger partial charge in [-0.25, -0.2) is 0 Å². The lowest BCUT2D eigenvalue weighted by Gasteiger charge is -2.20. The maximum atomic E-state index is 13.1. The number of nitro benzene ring substituents is 1. The third-order valence-corrected chi connectivity index (χ3v) is 5.15. The first-order chi connectivity index (χ1) is 16.4. The summed E-state index contributed by atoms with van der Waals surface area (Å²) in [5, 5.41) is 14.0. The topological polar surface area (TPSA) is 117 Å². The van der Waals surface area contributed by atoms with Crippen molar-refractivity contribution in [2.24, 2.45) is 0 Å². The number of ether oxygens (including phenoxy) is 3. The van der Waals surface area contributed by atoms with Crippen molar-refractivity contribution in [2.45, 2.75) is 19.4 Å². The number of carbonyl (C=O) groups excluding carboxylic acids is 2. The van der Waals surface area contributed by atoms with Crippen molar-refractivity contribution >= 4 is 23.3 Å². The van der Waals surface area contributed by atoms with E-state index < -0.39 is 22.9 Å². The Hall–Kier alpha value is -4.40. The highest BCUT2D eigenvalue weighted by Crippen LogP contribution is 2.31. The lowest BCUT2D eigenvalue weighted by molar-refractivity contribution is -0.384. The number of fused-ring (bicyclic) bond motifs is 1. The molecule has 0 aromatic heterocycles. The number of aryl methyl sites for hydroxylation is 1. The van der Waals surface area contributed by atoms with Gasteiger partial charge in [0.15, 0.2) is 11.5 Å². The quantitative estimate of drug-likeness (QED) is 0.319. The molecule has 1 aliphatic rings. The number of rotatable bonds is 7. The van der Waals surface area contributed by atoms with Crippen molar-refractivity contribution in [3.05, 3.63) is 93.5 Å². The SMILES string of the molecule is Cc1ccc(NC(=O)C(OC(=O)Cc2ccc3c(c2)OCCO3)c2ccccc2)c([N+](=O)[O-])c1. The molecule has 174 valence electrons. The number of nitrogens with one attached hydrogen (secondary N) is 1. The Kier molecular flexibility index (Phi) is 6.72. The second kappa shape index (κ2) is 10.0. The molecule has 0 fully saturated rings. The maximum absolute atomic E-state index is 13.1. The van der Waals surface area contributed by atoms with Crippen LogP contribution in [0.5, 0.6) is 11.5 Å². The van der Waals surface area contributed by atoms with Crippen LogP contribution in [-0.4, -0.2) is 30.0 Å². The number of esters is 1. The number of nitrogens with zero attached hydrogens (tertiary/aromatic N) is 1. The van der Waals surface area contributed by atoms with E-state index in [1.807, 2.05) is 0 Å². The summed E-state index contributed by atoms with van der Waals surface area (Å²) in [5.74, 6) is -0.196. The van der Waals surface area contributed by atoms with Crippen molar-refractivity contribution in [2.75, 3.05) is 18.5 Å². The van der Waals surface area contributed by atoms with Crippen LogP contribution in [0, 0.1) is 17.0 Å². The third-order valence-electron chi connectivity index (χ3n) is 5.15. The Labute approximate surface area is 195 Å². The van der Waals surface area contributed by atoms with Crippen molar-refractivity contribution in [3.8, 4) is 11.5 Å². The number of hydrogen-bond acceptors (Lipinski definition) is 7. The van der Waals surface area contributed by atoms with Crippen LogP contribution in [0.3, 0.4) is 0 Å². The lowest BCUT2D eigenvalue weighted by Crippen LogP contribution is -2.26. The summed E-state index contributed by atoms with van der Waals surface area (Å²) in [6, 6.07) is 18.1. The van der Waals surface area contributed by atoms with Crippen LogP contribution in [0.2, 0.25) is 0 Å². The minimum absolute atomic E-state index is 0.0180. The van der Waals surface area contributed by atoms with Crippen molar-refractivity contribution < 1.29 is 28.7 Å². The van der Waals surface area contributed by atoms with E-state index in [4.69, 9.17) is 14.2 Å². The maximum Gasteiger partial charge on any atom is 0.311 e. The summed E-state index contributed by atoms with van der Waals surface area (Å²) >= 11 is 0. The normalized spacial score (nSPS) is 13.0. The minimum Gasteiger partial charge on any atom is -0.486 e. The van der Waals surface area contributed by atoms with E-state index in [-0.39, 0.29) is 17.8 Å². The van der Waals surface area contributed by atoms with Crippen LogP contribution in [-0.2, 0) is 20.7 Å². The van der Waals surface area contributed by atoms with Crippen LogP contribution in [0.4, 0.5) is 11.4 Å². The van der Waals surface area contributed by atoms with Gasteiger partial charge in [-0.2, -0.15) is 0 Å². The average molecular weight is 462 g/mol. The molecule has 4 rings (SSSR count). The molecular formula is C25H22N2O7. The largest absolute Gasteiger partial charge is 0.486 e. The Bertz CT molecular complexity index is 1230. The van der Waals surface area contributed by atoms with Gasteiger partial charge in [0.2, 0.25) is 6.10 Å². The summed E-state index contributed by atoms with van der Waals surface area (Å²) in [6.45, 7) is 2.59. The summed E-state index contributed by atoms with van der Waals surface area (Å²) in [4.78, 5) is 36.7. The first kappa shape index (κ1) is 22.8. The smallest absolute Gasteiger partial charge is 0.311 e. The molecule has 0 radical (unpaired) electrons. The number of benzene rings is 3. The molecule has 0 saturated heterocycles. The van der Waals surface area contributed by atoms with Crippen LogP contribution in [0.15, 0.2) is 66.7 Å². The fourth-order valence-electron chi connectivity index (χ4n) is 3.53. The third kappa shape index (κ3) is 5.32. The van der Waals surface area contributed by atoms with E-state index >= 15 is 0 Å². The number of carbonyl (C=O) groups is 2. The average Bonchev–Trinajstić information content (AvgIpc) is 2.84. The van der Waals surface area contributed by atoms with Gasteiger partial charge in [0, 0.05) is 11.6 Å². The number of anilines is 1. The van der Waals surface area contributed by atoms with E-state index in [0.29, 0.717) is 41.4 Å². The molecule has 1 amide bonds. The van der Waals surface area contributed by atoms with Gasteiger partial charge in [0.05, 0.1) is 11.3 Å². The first-order valence-corrected chi connectivity index (χ1v) is 10.6. The molecule has 34 heavy (non-hydrogen) atoms. The Morgan fingerprint density at radius 3 is 2.50 bits per heavy atom. The zero-order valence-corrected chi connectivity index (χ0v) is 18.4. The first-order valence-electron chi connectivity index (χ1n) is 10.6. The molecule has 1 atom stereocenters. The van der Waals surface area contributed by atoms with Gasteiger partial charge in [-0.3, -0.25) is 19.7 Å². The molecule has 0 saturated carbocycles. The Morgan fingerprint density at radius 1 is 1.03 bits per heavy atom. The van der Waals surface area contributed by atoms with Gasteiger partial charge in [0.1, 0.15) is 18.9 Å². The van der Waals surface area contributed by atoms with Crippen molar-refractivity contribution in [1.29, 1.82) is 0 Å². The van der Waals surface area contributed by atoms with E-state index in [1.165, 1.54) is 12.1 Å². The second-order valence-corrected chi connectivity index (χ2v) is 7.70. The zero-order chi connectivity index (χ0) is 24.1. The number of hydrogen-bond donors (Lipinski definition) is 1. The molecule has 3 aromatic rings. The molecule has 0 spiro atoms. The highest BCUT2D eigenvalue weighted by atomic mass is 16.6. The van der Waals surface area contributed by atoms with E-state index in [1.54, 1.807) is 61.5 Å².